The summed E-state index contributed by atoms with van der Waals surface area (Å²) in [6.45, 7) is 3.43. The number of hydrogen-bond acceptors (Lipinski definition) is 5. The fourth-order valence-corrected chi connectivity index (χ4v) is 2.60. The van der Waals surface area contributed by atoms with Gasteiger partial charge in [0.05, 0.1) is 24.3 Å². The second-order valence-electron chi connectivity index (χ2n) is 5.53. The van der Waals surface area contributed by atoms with Crippen molar-refractivity contribution in [2.24, 2.45) is 0 Å². The number of aromatic nitrogens is 1. The predicted octanol–water partition coefficient (Wildman–Crippen LogP) is 1.82. The number of hydrogen-bond donors (Lipinski definition) is 3. The molecule has 0 bridgehead atoms. The molecule has 4 N–H and O–H groups in total. The predicted molar refractivity (Wildman–Crippen MR) is 85.0 cm³/mol. The molecule has 1 heterocycles. The summed E-state index contributed by atoms with van der Waals surface area (Å²) in [5, 5.41) is 14.6. The van der Waals surface area contributed by atoms with Crippen LogP contribution in [0, 0.1) is 0 Å². The zero-order chi connectivity index (χ0) is 15.5. The van der Waals surface area contributed by atoms with Crippen molar-refractivity contribution in [2.45, 2.75) is 25.8 Å². The molecule has 112 valence electrons. The van der Waals surface area contributed by atoms with Gasteiger partial charge in [0.2, 0.25) is 5.91 Å². The van der Waals surface area contributed by atoms with E-state index in [9.17, 15) is 4.79 Å². The Morgan fingerprint density at radius 3 is 2.67 bits per heavy atom. The SMILES string of the molecule is CC(C)(CO)NC(=O)Cc1csc(-c2ccc(N)cc2)n1. The third-order valence-electron chi connectivity index (χ3n) is 2.92. The maximum atomic E-state index is 11.9. The number of amides is 1. The number of nitrogens with one attached hydrogen (secondary N) is 1. The van der Waals surface area contributed by atoms with Crippen LogP contribution in [-0.2, 0) is 11.2 Å². The minimum Gasteiger partial charge on any atom is -0.399 e. The molecule has 0 saturated heterocycles. The molecule has 1 amide bonds. The molecule has 0 atom stereocenters. The van der Waals surface area contributed by atoms with E-state index in [-0.39, 0.29) is 18.9 Å². The van der Waals surface area contributed by atoms with Gasteiger partial charge >= 0.3 is 0 Å². The van der Waals surface area contributed by atoms with Crippen LogP contribution in [-0.4, -0.2) is 28.1 Å². The molecule has 21 heavy (non-hydrogen) atoms. The van der Waals surface area contributed by atoms with Gasteiger partial charge in [-0.25, -0.2) is 4.98 Å². The zero-order valence-corrected chi connectivity index (χ0v) is 12.9. The van der Waals surface area contributed by atoms with Crippen LogP contribution in [0.25, 0.3) is 10.6 Å². The van der Waals surface area contributed by atoms with Crippen LogP contribution < -0.4 is 11.1 Å². The van der Waals surface area contributed by atoms with E-state index in [1.807, 2.05) is 29.6 Å². The second kappa shape index (κ2) is 6.24. The highest BCUT2D eigenvalue weighted by molar-refractivity contribution is 7.13. The summed E-state index contributed by atoms with van der Waals surface area (Å²) >= 11 is 1.49. The molecule has 2 rings (SSSR count). The zero-order valence-electron chi connectivity index (χ0n) is 12.1. The molecule has 5 nitrogen and oxygen atoms in total. The van der Waals surface area contributed by atoms with E-state index in [1.54, 1.807) is 13.8 Å². The Morgan fingerprint density at radius 1 is 1.38 bits per heavy atom. The highest BCUT2D eigenvalue weighted by atomic mass is 32.1. The molecule has 6 heteroatoms. The summed E-state index contributed by atoms with van der Waals surface area (Å²) in [4.78, 5) is 16.4. The van der Waals surface area contributed by atoms with Crippen molar-refractivity contribution in [2.75, 3.05) is 12.3 Å². The Bertz CT molecular complexity index is 620. The topological polar surface area (TPSA) is 88.2 Å². The maximum absolute atomic E-state index is 11.9. The normalized spacial score (nSPS) is 11.4. The molecule has 0 spiro atoms. The first kappa shape index (κ1) is 15.5. The Labute approximate surface area is 127 Å². The van der Waals surface area contributed by atoms with Crippen molar-refractivity contribution in [3.8, 4) is 10.6 Å². The lowest BCUT2D eigenvalue weighted by Crippen LogP contribution is -2.46. The van der Waals surface area contributed by atoms with Crippen LogP contribution >= 0.6 is 11.3 Å². The van der Waals surface area contributed by atoms with Crippen LogP contribution in [0.5, 0.6) is 0 Å². The molecular formula is C15H19N3O2S. The van der Waals surface area contributed by atoms with Gasteiger partial charge in [0.25, 0.3) is 0 Å². The molecule has 2 aromatic rings. The summed E-state index contributed by atoms with van der Waals surface area (Å²) in [6.07, 6.45) is 0.203. The fraction of sp³-hybridized carbons (Fsp3) is 0.333. The molecule has 0 saturated carbocycles. The number of rotatable bonds is 5. The Morgan fingerprint density at radius 2 is 2.05 bits per heavy atom. The quantitative estimate of drug-likeness (QED) is 0.735. The lowest BCUT2D eigenvalue weighted by atomic mass is 10.1. The fourth-order valence-electron chi connectivity index (χ4n) is 1.77. The van der Waals surface area contributed by atoms with Gasteiger partial charge in [-0.3, -0.25) is 4.79 Å². The number of anilines is 1. The Kier molecular flexibility index (Phi) is 4.59. The number of thiazole rings is 1. The minimum atomic E-state index is -0.618. The molecule has 0 aliphatic carbocycles. The van der Waals surface area contributed by atoms with E-state index in [4.69, 9.17) is 10.8 Å². The summed E-state index contributed by atoms with van der Waals surface area (Å²) in [5.41, 5.74) is 7.45. The van der Waals surface area contributed by atoms with Gasteiger partial charge in [0.15, 0.2) is 0 Å². The van der Waals surface area contributed by atoms with Gasteiger partial charge in [-0.2, -0.15) is 0 Å². The molecule has 1 aromatic carbocycles. The lowest BCUT2D eigenvalue weighted by molar-refractivity contribution is -0.122. The van der Waals surface area contributed by atoms with E-state index in [0.717, 1.165) is 16.3 Å². The third-order valence-corrected chi connectivity index (χ3v) is 3.86. The minimum absolute atomic E-state index is 0.105. The van der Waals surface area contributed by atoms with Crippen LogP contribution in [0.15, 0.2) is 29.6 Å². The van der Waals surface area contributed by atoms with Gasteiger partial charge in [-0.15, -0.1) is 11.3 Å². The van der Waals surface area contributed by atoms with Crippen molar-refractivity contribution in [3.05, 3.63) is 35.3 Å². The largest absolute Gasteiger partial charge is 0.399 e. The number of aliphatic hydroxyl groups excluding tert-OH is 1. The van der Waals surface area contributed by atoms with E-state index in [2.05, 4.69) is 10.3 Å². The molecule has 0 fully saturated rings. The van der Waals surface area contributed by atoms with E-state index < -0.39 is 5.54 Å². The van der Waals surface area contributed by atoms with Crippen LogP contribution in [0.1, 0.15) is 19.5 Å². The monoisotopic (exact) mass is 305 g/mol. The van der Waals surface area contributed by atoms with Crippen LogP contribution in [0.4, 0.5) is 5.69 Å². The van der Waals surface area contributed by atoms with Gasteiger partial charge in [0, 0.05) is 16.6 Å². The summed E-state index contributed by atoms with van der Waals surface area (Å²) in [6, 6.07) is 7.47. The summed E-state index contributed by atoms with van der Waals surface area (Å²) in [7, 11) is 0. The first-order chi connectivity index (χ1) is 9.89. The Hall–Kier alpha value is -1.92. The number of nitrogens with zero attached hydrogens (tertiary/aromatic N) is 1. The summed E-state index contributed by atoms with van der Waals surface area (Å²) < 4.78 is 0. The highest BCUT2D eigenvalue weighted by Gasteiger charge is 2.19. The van der Waals surface area contributed by atoms with Crippen molar-refractivity contribution in [1.82, 2.24) is 10.3 Å². The molecule has 1 aromatic heterocycles. The van der Waals surface area contributed by atoms with Gasteiger partial charge in [0.1, 0.15) is 5.01 Å². The van der Waals surface area contributed by atoms with Crippen LogP contribution in [0.3, 0.4) is 0 Å². The molecular weight excluding hydrogens is 286 g/mol. The number of nitrogens with two attached hydrogens (primary N) is 1. The Balaban J connectivity index is 2.03. The second-order valence-corrected chi connectivity index (χ2v) is 6.39. The van der Waals surface area contributed by atoms with Gasteiger partial charge < -0.3 is 16.2 Å². The van der Waals surface area contributed by atoms with Crippen molar-refractivity contribution < 1.29 is 9.90 Å². The average Bonchev–Trinajstić information content (AvgIpc) is 2.87. The third kappa shape index (κ3) is 4.27. The number of nitrogen functional groups attached to an aromatic ring is 1. The molecule has 0 aliphatic rings. The smallest absolute Gasteiger partial charge is 0.226 e. The number of carbonyl (C=O) groups excluding carboxylic acids is 1. The number of aliphatic hydroxyl groups is 1. The van der Waals surface area contributed by atoms with Gasteiger partial charge in [-0.1, -0.05) is 0 Å². The van der Waals surface area contributed by atoms with Gasteiger partial charge in [-0.05, 0) is 38.1 Å². The average molecular weight is 305 g/mol. The van der Waals surface area contributed by atoms with Crippen molar-refractivity contribution >= 4 is 22.9 Å². The maximum Gasteiger partial charge on any atom is 0.226 e. The first-order valence-corrected chi connectivity index (χ1v) is 7.50. The van der Waals surface area contributed by atoms with E-state index >= 15 is 0 Å². The highest BCUT2D eigenvalue weighted by Crippen LogP contribution is 2.24. The van der Waals surface area contributed by atoms with Crippen LogP contribution in [0.2, 0.25) is 0 Å². The van der Waals surface area contributed by atoms with E-state index in [0.29, 0.717) is 5.69 Å². The first-order valence-electron chi connectivity index (χ1n) is 6.62. The molecule has 0 unspecified atom stereocenters. The lowest BCUT2D eigenvalue weighted by Gasteiger charge is -2.23. The van der Waals surface area contributed by atoms with E-state index in [1.165, 1.54) is 11.3 Å². The standard InChI is InChI=1S/C15H19N3O2S/c1-15(2,9-19)18-13(20)7-12-8-21-14(17-12)10-3-5-11(16)6-4-10/h3-6,8,19H,7,9,16H2,1-2H3,(H,18,20). The van der Waals surface area contributed by atoms with Crippen molar-refractivity contribution in [3.63, 3.8) is 0 Å². The molecule has 0 radical (unpaired) electrons. The van der Waals surface area contributed by atoms with Crippen molar-refractivity contribution in [1.29, 1.82) is 0 Å². The number of carbonyl (C=O) groups is 1. The summed E-state index contributed by atoms with van der Waals surface area (Å²) in [5.74, 6) is -0.150. The number of benzene rings is 1. The molecule has 0 aliphatic heterocycles.